The highest BCUT2D eigenvalue weighted by Gasteiger charge is 2.48. The van der Waals surface area contributed by atoms with Crippen molar-refractivity contribution in [2.75, 3.05) is 0 Å². The molecule has 28 heavy (non-hydrogen) atoms. The molecule has 0 amide bonds. The molecule has 10 unspecified atom stereocenters. The van der Waals surface area contributed by atoms with Crippen LogP contribution in [0.15, 0.2) is 0 Å². The largest absolute Gasteiger partial charge is 0.480 e. The Morgan fingerprint density at radius 1 is 1.04 bits per heavy atom. The van der Waals surface area contributed by atoms with Gasteiger partial charge in [0.1, 0.15) is 6.04 Å². The van der Waals surface area contributed by atoms with Crippen LogP contribution < -0.4 is 5.73 Å². The molecule has 2 saturated carbocycles. The number of ether oxygens (including phenoxy) is 1. The van der Waals surface area contributed by atoms with E-state index in [0.29, 0.717) is 53.9 Å². The van der Waals surface area contributed by atoms with Gasteiger partial charge in [0.15, 0.2) is 0 Å². The second-order valence-corrected chi connectivity index (χ2v) is 13.5. The van der Waals surface area contributed by atoms with Crippen molar-refractivity contribution in [1.82, 2.24) is 0 Å². The molecule has 2 fully saturated rings. The summed E-state index contributed by atoms with van der Waals surface area (Å²) in [5.74, 6) is 2.15. The molecule has 0 spiro atoms. The predicted molar refractivity (Wildman–Crippen MR) is 141 cm³/mol. The lowest BCUT2D eigenvalue weighted by molar-refractivity contribution is -0.139. The molecule has 0 radical (unpaired) electrons. The molecule has 0 aromatic heterocycles. The van der Waals surface area contributed by atoms with Crippen LogP contribution >= 0.6 is 67.8 Å². The summed E-state index contributed by atoms with van der Waals surface area (Å²) in [4.78, 5) is 11.2. The average molecular weight is 731 g/mol. The highest BCUT2D eigenvalue weighted by Crippen LogP contribution is 2.48. The third kappa shape index (κ3) is 5.49. The van der Waals surface area contributed by atoms with Crippen LogP contribution in [0.5, 0.6) is 0 Å². The minimum absolute atomic E-state index is 0.239. The maximum atomic E-state index is 11.2. The molecular formula is C21H36I3NO3. The van der Waals surface area contributed by atoms with E-state index in [1.807, 2.05) is 0 Å². The quantitative estimate of drug-likeness (QED) is 0.278. The van der Waals surface area contributed by atoms with Crippen molar-refractivity contribution < 1.29 is 14.6 Å². The molecule has 2 aliphatic carbocycles. The molecule has 0 aliphatic heterocycles. The molecule has 10 atom stereocenters. The zero-order valence-corrected chi connectivity index (χ0v) is 24.0. The first-order chi connectivity index (χ1) is 13.0. The molecule has 0 heterocycles. The van der Waals surface area contributed by atoms with Crippen molar-refractivity contribution in [1.29, 1.82) is 0 Å². The highest BCUT2D eigenvalue weighted by molar-refractivity contribution is 14.1. The van der Waals surface area contributed by atoms with E-state index in [1.165, 1.54) is 6.42 Å². The first kappa shape index (κ1) is 25.8. The summed E-state index contributed by atoms with van der Waals surface area (Å²) in [7, 11) is 0. The van der Waals surface area contributed by atoms with Crippen molar-refractivity contribution in [3.63, 3.8) is 0 Å². The van der Waals surface area contributed by atoms with Gasteiger partial charge in [-0.2, -0.15) is 0 Å². The first-order valence-corrected chi connectivity index (χ1v) is 14.3. The van der Waals surface area contributed by atoms with Crippen molar-refractivity contribution >= 4 is 73.7 Å². The third-order valence-electron chi connectivity index (χ3n) is 7.37. The van der Waals surface area contributed by atoms with Crippen molar-refractivity contribution in [3.8, 4) is 0 Å². The van der Waals surface area contributed by atoms with Crippen LogP contribution in [0.25, 0.3) is 0 Å². The van der Waals surface area contributed by atoms with Crippen molar-refractivity contribution in [2.45, 2.75) is 83.9 Å². The van der Waals surface area contributed by atoms with Crippen molar-refractivity contribution in [3.05, 3.63) is 0 Å². The van der Waals surface area contributed by atoms with E-state index in [1.54, 1.807) is 0 Å². The summed E-state index contributed by atoms with van der Waals surface area (Å²) in [6.07, 6.45) is 3.33. The first-order valence-electron chi connectivity index (χ1n) is 10.6. The number of halogens is 3. The van der Waals surface area contributed by atoms with E-state index in [4.69, 9.17) is 10.5 Å². The van der Waals surface area contributed by atoms with Crippen LogP contribution in [0.2, 0.25) is 0 Å². The summed E-state index contributed by atoms with van der Waals surface area (Å²) in [5, 5.41) is 9.22. The number of carboxylic acids is 1. The Bertz CT molecular complexity index is 521. The van der Waals surface area contributed by atoms with Gasteiger partial charge in [0.2, 0.25) is 0 Å². The fourth-order valence-electron chi connectivity index (χ4n) is 5.43. The Hall–Kier alpha value is 1.58. The number of carboxylic acid groups (broad SMARTS) is 1. The van der Waals surface area contributed by atoms with Crippen LogP contribution in [0, 0.1) is 35.5 Å². The molecular weight excluding hydrogens is 695 g/mol. The van der Waals surface area contributed by atoms with E-state index < -0.39 is 12.0 Å². The standard InChI is InChI=1S/C21H36I3NO3/c1-6-13-17(22)11(4)20(12(5)18(13)23)28-16-7-9(2)14(10(3)19(16)24)8-15(25)21(26)27/h9-20H,6-8,25H2,1-5H3,(H,26,27). The van der Waals surface area contributed by atoms with Gasteiger partial charge in [-0.1, -0.05) is 109 Å². The van der Waals surface area contributed by atoms with E-state index in [0.717, 1.165) is 12.3 Å². The molecule has 3 N–H and O–H groups in total. The van der Waals surface area contributed by atoms with Gasteiger partial charge in [-0.3, -0.25) is 4.79 Å². The van der Waals surface area contributed by atoms with Crippen LogP contribution in [0.4, 0.5) is 0 Å². The smallest absolute Gasteiger partial charge is 0.320 e. The molecule has 2 rings (SSSR count). The summed E-state index contributed by atoms with van der Waals surface area (Å²) in [6, 6.07) is -0.764. The monoisotopic (exact) mass is 731 g/mol. The van der Waals surface area contributed by atoms with Gasteiger partial charge in [0, 0.05) is 11.8 Å². The molecule has 0 aromatic rings. The Kier molecular flexibility index (Phi) is 10.1. The number of nitrogens with two attached hydrogens (primary N) is 1. The zero-order chi connectivity index (χ0) is 21.3. The second-order valence-electron chi connectivity index (χ2n) is 9.18. The van der Waals surface area contributed by atoms with Gasteiger partial charge < -0.3 is 15.6 Å². The summed E-state index contributed by atoms with van der Waals surface area (Å²) >= 11 is 7.87. The van der Waals surface area contributed by atoms with Gasteiger partial charge in [-0.25, -0.2) is 0 Å². The summed E-state index contributed by atoms with van der Waals surface area (Å²) < 4.78 is 8.57. The number of hydrogen-bond donors (Lipinski definition) is 2. The fourth-order valence-corrected chi connectivity index (χ4v) is 9.95. The van der Waals surface area contributed by atoms with Crippen LogP contribution in [-0.4, -0.2) is 41.1 Å². The molecule has 7 heteroatoms. The minimum Gasteiger partial charge on any atom is -0.480 e. The summed E-state index contributed by atoms with van der Waals surface area (Å²) in [6.45, 7) is 11.6. The normalized spacial score (nSPS) is 48.2. The summed E-state index contributed by atoms with van der Waals surface area (Å²) in [5.41, 5.74) is 5.86. The average Bonchev–Trinajstić information content (AvgIpc) is 2.64. The van der Waals surface area contributed by atoms with Gasteiger partial charge in [-0.15, -0.1) is 0 Å². The molecule has 0 bridgehead atoms. The van der Waals surface area contributed by atoms with Gasteiger partial charge in [0.25, 0.3) is 0 Å². The van der Waals surface area contributed by atoms with Crippen molar-refractivity contribution in [2.24, 2.45) is 41.2 Å². The fraction of sp³-hybridized carbons (Fsp3) is 0.952. The zero-order valence-electron chi connectivity index (χ0n) is 17.5. The second kappa shape index (κ2) is 10.9. The maximum Gasteiger partial charge on any atom is 0.320 e. The van der Waals surface area contributed by atoms with Gasteiger partial charge >= 0.3 is 5.97 Å². The topological polar surface area (TPSA) is 72.5 Å². The lowest BCUT2D eigenvalue weighted by Crippen LogP contribution is -2.53. The Morgan fingerprint density at radius 3 is 2.04 bits per heavy atom. The van der Waals surface area contributed by atoms with E-state index in [-0.39, 0.29) is 6.10 Å². The molecule has 0 saturated heterocycles. The number of alkyl halides is 3. The van der Waals surface area contributed by atoms with Crippen LogP contribution in [0.1, 0.15) is 53.9 Å². The van der Waals surface area contributed by atoms with Crippen LogP contribution in [-0.2, 0) is 9.53 Å². The SMILES string of the molecule is CCC1C(I)C(C)C(OC2CC(C)C(CC(N)C(=O)O)C(C)C2I)C(C)C1I. The van der Waals surface area contributed by atoms with E-state index in [9.17, 15) is 9.90 Å². The third-order valence-corrected chi connectivity index (χ3v) is 13.4. The minimum atomic E-state index is -0.890. The Labute approximate surface area is 211 Å². The Balaban J connectivity index is 2.09. The number of rotatable bonds is 6. The molecule has 4 nitrogen and oxygen atoms in total. The van der Waals surface area contributed by atoms with Crippen LogP contribution in [0.3, 0.4) is 0 Å². The maximum absolute atomic E-state index is 11.2. The van der Waals surface area contributed by atoms with Gasteiger partial charge in [0.05, 0.1) is 12.2 Å². The predicted octanol–water partition coefficient (Wildman–Crippen LogP) is 5.56. The van der Waals surface area contributed by atoms with E-state index in [2.05, 4.69) is 102 Å². The lowest BCUT2D eigenvalue weighted by atomic mass is 9.69. The van der Waals surface area contributed by atoms with Gasteiger partial charge in [-0.05, 0) is 48.3 Å². The number of carbonyl (C=O) groups is 1. The number of hydrogen-bond acceptors (Lipinski definition) is 3. The molecule has 164 valence electrons. The Morgan fingerprint density at radius 2 is 1.57 bits per heavy atom. The van der Waals surface area contributed by atoms with E-state index >= 15 is 0 Å². The molecule has 0 aromatic carbocycles. The molecule has 2 aliphatic rings. The number of aliphatic carboxylic acids is 1. The lowest BCUT2D eigenvalue weighted by Gasteiger charge is -2.50. The highest BCUT2D eigenvalue weighted by atomic mass is 127.